The molecule has 0 bridgehead atoms. The molecule has 1 atom stereocenters. The standard InChI is InChI=1S/C19H17N3O2/c1-3-24-19(15(2)23,14-13-16-9-5-4-6-10-16)22-18-12-8-7-11-17(18)20-21-22/h4-12H,3H2,1-2H3. The highest BCUT2D eigenvalue weighted by molar-refractivity contribution is 5.88. The molecule has 0 spiro atoms. The van der Waals surface area contributed by atoms with E-state index in [9.17, 15) is 4.79 Å². The van der Waals surface area contributed by atoms with Crippen molar-refractivity contribution in [2.45, 2.75) is 19.6 Å². The molecule has 0 saturated heterocycles. The van der Waals surface area contributed by atoms with Crippen LogP contribution in [0.2, 0.25) is 0 Å². The van der Waals surface area contributed by atoms with Gasteiger partial charge in [-0.3, -0.25) is 4.79 Å². The first-order valence-corrected chi connectivity index (χ1v) is 7.71. The largest absolute Gasteiger partial charge is 0.338 e. The number of aromatic nitrogens is 3. The lowest BCUT2D eigenvalue weighted by molar-refractivity contribution is -0.146. The SMILES string of the molecule is CCOC(C#Cc1ccccc1)(C(C)=O)n1nnc2ccccc21. The van der Waals surface area contributed by atoms with E-state index in [1.165, 1.54) is 11.6 Å². The quantitative estimate of drug-likeness (QED) is 0.694. The van der Waals surface area contributed by atoms with Crippen LogP contribution in [0.3, 0.4) is 0 Å². The molecule has 24 heavy (non-hydrogen) atoms. The molecular formula is C19H17N3O2. The predicted octanol–water partition coefficient (Wildman–Crippen LogP) is 2.76. The van der Waals surface area contributed by atoms with Crippen LogP contribution in [0.1, 0.15) is 19.4 Å². The van der Waals surface area contributed by atoms with E-state index in [2.05, 4.69) is 22.2 Å². The third-order valence-electron chi connectivity index (χ3n) is 3.63. The Labute approximate surface area is 140 Å². The minimum Gasteiger partial charge on any atom is -0.338 e. The fourth-order valence-electron chi connectivity index (χ4n) is 2.48. The van der Waals surface area contributed by atoms with Crippen molar-refractivity contribution < 1.29 is 9.53 Å². The van der Waals surface area contributed by atoms with Gasteiger partial charge in [0.05, 0.1) is 5.52 Å². The fourth-order valence-corrected chi connectivity index (χ4v) is 2.48. The van der Waals surface area contributed by atoms with E-state index in [-0.39, 0.29) is 5.78 Å². The van der Waals surface area contributed by atoms with Crippen molar-refractivity contribution >= 4 is 16.8 Å². The molecule has 0 radical (unpaired) electrons. The van der Waals surface area contributed by atoms with Crippen molar-refractivity contribution in [3.63, 3.8) is 0 Å². The summed E-state index contributed by atoms with van der Waals surface area (Å²) in [5.74, 6) is 5.76. The zero-order valence-corrected chi connectivity index (χ0v) is 13.6. The Morgan fingerprint density at radius 1 is 1.17 bits per heavy atom. The van der Waals surface area contributed by atoms with Crippen LogP contribution in [0, 0.1) is 11.8 Å². The molecule has 1 aromatic heterocycles. The van der Waals surface area contributed by atoms with Crippen LogP contribution in [0.5, 0.6) is 0 Å². The molecule has 1 unspecified atom stereocenters. The summed E-state index contributed by atoms with van der Waals surface area (Å²) < 4.78 is 7.26. The Balaban J connectivity index is 2.19. The summed E-state index contributed by atoms with van der Waals surface area (Å²) in [5.41, 5.74) is 0.681. The smallest absolute Gasteiger partial charge is 0.286 e. The Morgan fingerprint density at radius 3 is 2.58 bits per heavy atom. The van der Waals surface area contributed by atoms with Crippen LogP contribution in [-0.4, -0.2) is 27.4 Å². The monoisotopic (exact) mass is 319 g/mol. The van der Waals surface area contributed by atoms with Crippen LogP contribution in [0.25, 0.3) is 11.0 Å². The number of carbonyl (C=O) groups excluding carboxylic acids is 1. The fraction of sp³-hybridized carbons (Fsp3) is 0.211. The number of benzene rings is 2. The number of ether oxygens (including phenoxy) is 1. The van der Waals surface area contributed by atoms with E-state index in [1.807, 2.05) is 61.5 Å². The van der Waals surface area contributed by atoms with Crippen molar-refractivity contribution in [1.29, 1.82) is 0 Å². The number of hydrogen-bond acceptors (Lipinski definition) is 4. The average Bonchev–Trinajstić information content (AvgIpc) is 3.04. The van der Waals surface area contributed by atoms with Gasteiger partial charge in [-0.15, -0.1) is 5.10 Å². The molecule has 3 aromatic rings. The summed E-state index contributed by atoms with van der Waals surface area (Å²) >= 11 is 0. The van der Waals surface area contributed by atoms with Crippen molar-refractivity contribution in [3.05, 3.63) is 60.2 Å². The molecule has 0 aliphatic carbocycles. The average molecular weight is 319 g/mol. The van der Waals surface area contributed by atoms with E-state index in [4.69, 9.17) is 4.74 Å². The summed E-state index contributed by atoms with van der Waals surface area (Å²) in [6, 6.07) is 16.9. The third kappa shape index (κ3) is 2.80. The predicted molar refractivity (Wildman–Crippen MR) is 91.1 cm³/mol. The molecule has 0 amide bonds. The molecule has 3 rings (SSSR count). The van der Waals surface area contributed by atoms with Crippen LogP contribution in [0.4, 0.5) is 0 Å². The Kier molecular flexibility index (Phi) is 4.41. The van der Waals surface area contributed by atoms with E-state index in [0.29, 0.717) is 17.6 Å². The number of ketones is 1. The maximum atomic E-state index is 12.5. The third-order valence-corrected chi connectivity index (χ3v) is 3.63. The van der Waals surface area contributed by atoms with E-state index >= 15 is 0 Å². The second-order valence-corrected chi connectivity index (χ2v) is 5.24. The highest BCUT2D eigenvalue weighted by atomic mass is 16.5. The van der Waals surface area contributed by atoms with Crippen LogP contribution < -0.4 is 0 Å². The number of fused-ring (bicyclic) bond motifs is 1. The minimum absolute atomic E-state index is 0.247. The first-order chi connectivity index (χ1) is 11.7. The molecule has 120 valence electrons. The van der Waals surface area contributed by atoms with Gasteiger partial charge >= 0.3 is 0 Å². The number of rotatable bonds is 4. The number of hydrogen-bond donors (Lipinski definition) is 0. The molecule has 5 heteroatoms. The van der Waals surface area contributed by atoms with Gasteiger partial charge in [0.15, 0.2) is 5.78 Å². The van der Waals surface area contributed by atoms with Crippen molar-refractivity contribution in [2.24, 2.45) is 0 Å². The van der Waals surface area contributed by atoms with Gasteiger partial charge < -0.3 is 4.74 Å². The lowest BCUT2D eigenvalue weighted by atomic mass is 10.1. The zero-order chi connectivity index (χ0) is 17.0. The van der Waals surface area contributed by atoms with Gasteiger partial charge in [-0.05, 0) is 37.1 Å². The first kappa shape index (κ1) is 15.9. The second-order valence-electron chi connectivity index (χ2n) is 5.24. The van der Waals surface area contributed by atoms with Crippen molar-refractivity contribution in [2.75, 3.05) is 6.61 Å². The number of Topliss-reactive ketones (excluding diaryl/α,β-unsaturated/α-hetero) is 1. The van der Waals surface area contributed by atoms with Gasteiger partial charge in [-0.1, -0.05) is 41.5 Å². The molecule has 2 aromatic carbocycles. The number of para-hydroxylation sites is 1. The van der Waals surface area contributed by atoms with Gasteiger partial charge in [-0.25, -0.2) is 0 Å². The zero-order valence-electron chi connectivity index (χ0n) is 13.6. The summed E-state index contributed by atoms with van der Waals surface area (Å²) in [6.07, 6.45) is 0. The summed E-state index contributed by atoms with van der Waals surface area (Å²) in [4.78, 5) is 12.5. The van der Waals surface area contributed by atoms with Crippen LogP contribution >= 0.6 is 0 Å². The summed E-state index contributed by atoms with van der Waals surface area (Å²) in [7, 11) is 0. The number of nitrogens with zero attached hydrogens (tertiary/aromatic N) is 3. The van der Waals surface area contributed by atoms with Gasteiger partial charge in [0, 0.05) is 19.1 Å². The van der Waals surface area contributed by atoms with E-state index in [1.54, 1.807) is 0 Å². The molecule has 0 fully saturated rings. The lowest BCUT2D eigenvalue weighted by Gasteiger charge is -2.25. The van der Waals surface area contributed by atoms with Crippen LogP contribution in [-0.2, 0) is 15.3 Å². The minimum atomic E-state index is -1.50. The number of carbonyl (C=O) groups is 1. The molecular weight excluding hydrogens is 302 g/mol. The molecule has 1 heterocycles. The highest BCUT2D eigenvalue weighted by Gasteiger charge is 2.39. The van der Waals surface area contributed by atoms with Crippen molar-refractivity contribution in [3.8, 4) is 11.8 Å². The molecule has 0 aliphatic rings. The van der Waals surface area contributed by atoms with E-state index < -0.39 is 5.72 Å². The maximum Gasteiger partial charge on any atom is 0.286 e. The Hall–Kier alpha value is -2.97. The lowest BCUT2D eigenvalue weighted by Crippen LogP contribution is -2.43. The maximum absolute atomic E-state index is 12.5. The summed E-state index contributed by atoms with van der Waals surface area (Å²) in [5, 5.41) is 8.26. The topological polar surface area (TPSA) is 57.0 Å². The highest BCUT2D eigenvalue weighted by Crippen LogP contribution is 2.24. The van der Waals surface area contributed by atoms with Gasteiger partial charge in [0.2, 0.25) is 0 Å². The molecule has 5 nitrogen and oxygen atoms in total. The van der Waals surface area contributed by atoms with Crippen LogP contribution in [0.15, 0.2) is 54.6 Å². The molecule has 0 saturated carbocycles. The molecule has 0 aliphatic heterocycles. The normalized spacial score (nSPS) is 13.1. The molecule has 0 N–H and O–H groups in total. The van der Waals surface area contributed by atoms with Crippen molar-refractivity contribution in [1.82, 2.24) is 15.0 Å². The first-order valence-electron chi connectivity index (χ1n) is 7.71. The van der Waals surface area contributed by atoms with Gasteiger partial charge in [0.1, 0.15) is 5.52 Å². The second kappa shape index (κ2) is 6.65. The van der Waals surface area contributed by atoms with Gasteiger partial charge in [0.25, 0.3) is 5.72 Å². The van der Waals surface area contributed by atoms with Gasteiger partial charge in [-0.2, -0.15) is 4.68 Å². The Bertz CT molecular complexity index is 922. The Morgan fingerprint density at radius 2 is 1.88 bits per heavy atom. The van der Waals surface area contributed by atoms with E-state index in [0.717, 1.165) is 5.56 Å². The summed E-state index contributed by atoms with van der Waals surface area (Å²) in [6.45, 7) is 3.59.